The molecule has 4 rings (SSSR count). The number of aromatic nitrogens is 5. The van der Waals surface area contributed by atoms with E-state index in [1.807, 2.05) is 0 Å². The summed E-state index contributed by atoms with van der Waals surface area (Å²) in [4.78, 5) is 3.68. The Morgan fingerprint density at radius 2 is 1.54 bits per heavy atom. The number of rotatable bonds is 6. The second-order valence-corrected chi connectivity index (χ2v) is 7.57. The standard InChI is InChI=1S/C22H14F7N5O/c23-16-6-7-17(18(24)9-16)20(35,11-34-12-31-32-33-34)21(25,26)19-8-3-14(10-30-19)13-1-4-15(5-2-13)22(27,28)29/h1-10,12,35H,11H2/t20-/m0/s1. The van der Waals surface area contributed by atoms with Crippen LogP contribution in [0, 0.1) is 11.6 Å². The van der Waals surface area contributed by atoms with Gasteiger partial charge in [0.15, 0.2) is 5.60 Å². The fourth-order valence-corrected chi connectivity index (χ4v) is 3.48. The Morgan fingerprint density at radius 1 is 0.857 bits per heavy atom. The van der Waals surface area contributed by atoms with Crippen molar-refractivity contribution < 1.29 is 35.8 Å². The number of alkyl halides is 5. The van der Waals surface area contributed by atoms with Crippen molar-refractivity contribution in [3.63, 3.8) is 0 Å². The summed E-state index contributed by atoms with van der Waals surface area (Å²) in [5, 5.41) is 21.1. The minimum atomic E-state index is -4.54. The lowest BCUT2D eigenvalue weighted by Crippen LogP contribution is -2.48. The van der Waals surface area contributed by atoms with E-state index >= 15 is 8.78 Å². The average molecular weight is 497 g/mol. The molecule has 0 saturated heterocycles. The number of halogens is 7. The first-order valence-electron chi connectivity index (χ1n) is 9.82. The van der Waals surface area contributed by atoms with Gasteiger partial charge in [0.05, 0.1) is 12.1 Å². The Labute approximate surface area is 192 Å². The first-order chi connectivity index (χ1) is 16.4. The number of pyridine rings is 1. The van der Waals surface area contributed by atoms with E-state index in [0.29, 0.717) is 18.2 Å². The molecule has 0 fully saturated rings. The molecule has 0 aliphatic rings. The molecule has 1 N–H and O–H groups in total. The summed E-state index contributed by atoms with van der Waals surface area (Å²) < 4.78 is 98.4. The molecule has 6 nitrogen and oxygen atoms in total. The van der Waals surface area contributed by atoms with Crippen LogP contribution in [0.3, 0.4) is 0 Å². The van der Waals surface area contributed by atoms with Crippen molar-refractivity contribution in [2.75, 3.05) is 0 Å². The highest BCUT2D eigenvalue weighted by atomic mass is 19.4. The van der Waals surface area contributed by atoms with Crippen LogP contribution in [0.4, 0.5) is 30.7 Å². The first-order valence-corrected chi connectivity index (χ1v) is 9.82. The smallest absolute Gasteiger partial charge is 0.377 e. The molecule has 182 valence electrons. The second-order valence-electron chi connectivity index (χ2n) is 7.57. The van der Waals surface area contributed by atoms with Crippen LogP contribution < -0.4 is 0 Å². The van der Waals surface area contributed by atoms with Crippen molar-refractivity contribution >= 4 is 0 Å². The van der Waals surface area contributed by atoms with Crippen molar-refractivity contribution in [2.45, 2.75) is 24.2 Å². The molecule has 13 heteroatoms. The summed E-state index contributed by atoms with van der Waals surface area (Å²) >= 11 is 0. The van der Waals surface area contributed by atoms with E-state index in [2.05, 4.69) is 20.5 Å². The molecular weight excluding hydrogens is 483 g/mol. The maximum atomic E-state index is 15.7. The van der Waals surface area contributed by atoms with Gasteiger partial charge in [0.1, 0.15) is 23.7 Å². The molecule has 2 aromatic carbocycles. The van der Waals surface area contributed by atoms with E-state index in [1.165, 1.54) is 0 Å². The Bertz CT molecular complexity index is 1310. The summed E-state index contributed by atoms with van der Waals surface area (Å²) in [6.07, 6.45) is -2.64. The molecule has 1 atom stereocenters. The molecule has 0 radical (unpaired) electrons. The van der Waals surface area contributed by atoms with Crippen molar-refractivity contribution in [1.82, 2.24) is 25.2 Å². The van der Waals surface area contributed by atoms with Crippen molar-refractivity contribution in [1.29, 1.82) is 0 Å². The zero-order valence-electron chi connectivity index (χ0n) is 17.4. The maximum absolute atomic E-state index is 15.7. The normalized spacial score (nSPS) is 14.1. The molecule has 0 aliphatic heterocycles. The predicted octanol–water partition coefficient (Wildman–Crippen LogP) is 4.71. The third-order valence-corrected chi connectivity index (χ3v) is 5.31. The van der Waals surface area contributed by atoms with Gasteiger partial charge in [0.2, 0.25) is 0 Å². The molecule has 35 heavy (non-hydrogen) atoms. The van der Waals surface area contributed by atoms with Crippen LogP contribution in [-0.2, 0) is 24.2 Å². The van der Waals surface area contributed by atoms with Gasteiger partial charge in [0, 0.05) is 23.4 Å². The number of nitrogens with zero attached hydrogens (tertiary/aromatic N) is 5. The monoisotopic (exact) mass is 497 g/mol. The highest BCUT2D eigenvalue weighted by molar-refractivity contribution is 5.63. The van der Waals surface area contributed by atoms with Gasteiger partial charge in [-0.2, -0.15) is 22.0 Å². The zero-order valence-corrected chi connectivity index (χ0v) is 17.4. The topological polar surface area (TPSA) is 76.7 Å². The highest BCUT2D eigenvalue weighted by Crippen LogP contribution is 2.47. The number of hydrogen-bond acceptors (Lipinski definition) is 5. The lowest BCUT2D eigenvalue weighted by molar-refractivity contribution is -0.207. The molecule has 0 saturated carbocycles. The predicted molar refractivity (Wildman–Crippen MR) is 107 cm³/mol. The first kappa shape index (κ1) is 24.3. The number of aliphatic hydroxyl groups is 1. The summed E-state index contributed by atoms with van der Waals surface area (Å²) in [6.45, 7) is -1.02. The van der Waals surface area contributed by atoms with E-state index in [1.54, 1.807) is 0 Å². The van der Waals surface area contributed by atoms with Gasteiger partial charge in [-0.3, -0.25) is 4.98 Å². The number of tetrazole rings is 1. The fraction of sp³-hybridized carbons (Fsp3) is 0.182. The Morgan fingerprint density at radius 3 is 2.09 bits per heavy atom. The van der Waals surface area contributed by atoms with E-state index in [-0.39, 0.29) is 11.1 Å². The van der Waals surface area contributed by atoms with E-state index in [0.717, 1.165) is 53.6 Å². The van der Waals surface area contributed by atoms with Gasteiger partial charge in [-0.05, 0) is 46.3 Å². The van der Waals surface area contributed by atoms with Crippen LogP contribution in [0.2, 0.25) is 0 Å². The lowest BCUT2D eigenvalue weighted by atomic mass is 9.84. The molecule has 0 amide bonds. The largest absolute Gasteiger partial charge is 0.416 e. The molecule has 2 aromatic heterocycles. The summed E-state index contributed by atoms with van der Waals surface area (Å²) in [5.74, 6) is -6.73. The summed E-state index contributed by atoms with van der Waals surface area (Å²) in [5.41, 5.74) is -5.60. The SMILES string of the molecule is O[C@@](Cn1cnnn1)(c1ccc(F)cc1F)C(F)(F)c1ccc(-c2ccc(C(F)(F)F)cc2)cn1. The molecule has 0 unspecified atom stereocenters. The third kappa shape index (κ3) is 4.58. The Hall–Kier alpha value is -3.87. The van der Waals surface area contributed by atoms with Crippen molar-refractivity contribution in [3.05, 3.63) is 95.6 Å². The molecule has 4 aromatic rings. The van der Waals surface area contributed by atoms with E-state index in [4.69, 9.17) is 0 Å². The number of hydrogen-bond donors (Lipinski definition) is 1. The Kier molecular flexibility index (Phi) is 6.05. The quantitative estimate of drug-likeness (QED) is 0.391. The summed E-state index contributed by atoms with van der Waals surface area (Å²) in [6, 6.07) is 7.71. The lowest BCUT2D eigenvalue weighted by Gasteiger charge is -2.35. The minimum Gasteiger partial charge on any atom is -0.377 e. The molecular formula is C22H14F7N5O. The van der Waals surface area contributed by atoms with Crippen LogP contribution in [0.5, 0.6) is 0 Å². The van der Waals surface area contributed by atoms with Gasteiger partial charge in [-0.1, -0.05) is 18.2 Å². The van der Waals surface area contributed by atoms with Gasteiger partial charge < -0.3 is 5.11 Å². The van der Waals surface area contributed by atoms with E-state index in [9.17, 15) is 27.1 Å². The maximum Gasteiger partial charge on any atom is 0.416 e. The van der Waals surface area contributed by atoms with Crippen LogP contribution in [0.15, 0.2) is 67.1 Å². The summed E-state index contributed by atoms with van der Waals surface area (Å²) in [7, 11) is 0. The number of benzene rings is 2. The van der Waals surface area contributed by atoms with Crippen LogP contribution in [0.1, 0.15) is 16.8 Å². The van der Waals surface area contributed by atoms with Gasteiger partial charge >= 0.3 is 12.1 Å². The highest BCUT2D eigenvalue weighted by Gasteiger charge is 2.58. The average Bonchev–Trinajstić information content (AvgIpc) is 3.31. The zero-order chi connectivity index (χ0) is 25.4. The molecule has 2 heterocycles. The molecule has 0 spiro atoms. The van der Waals surface area contributed by atoms with Crippen molar-refractivity contribution in [3.8, 4) is 11.1 Å². The van der Waals surface area contributed by atoms with Gasteiger partial charge in [-0.15, -0.1) is 5.10 Å². The Balaban J connectivity index is 1.73. The van der Waals surface area contributed by atoms with Crippen molar-refractivity contribution in [2.24, 2.45) is 0 Å². The molecule has 0 aliphatic carbocycles. The van der Waals surface area contributed by atoms with Crippen LogP contribution in [-0.4, -0.2) is 30.3 Å². The van der Waals surface area contributed by atoms with Crippen LogP contribution in [0.25, 0.3) is 11.1 Å². The second kappa shape index (κ2) is 8.73. The third-order valence-electron chi connectivity index (χ3n) is 5.31. The van der Waals surface area contributed by atoms with Crippen LogP contribution >= 0.6 is 0 Å². The minimum absolute atomic E-state index is 0.218. The van der Waals surface area contributed by atoms with Gasteiger partial charge in [0.25, 0.3) is 0 Å². The van der Waals surface area contributed by atoms with E-state index < -0.39 is 52.7 Å². The van der Waals surface area contributed by atoms with Gasteiger partial charge in [-0.25, -0.2) is 13.5 Å². The molecule has 0 bridgehead atoms. The fourth-order valence-electron chi connectivity index (χ4n) is 3.48.